The van der Waals surface area contributed by atoms with E-state index in [1.807, 2.05) is 12.2 Å². The molecule has 0 N–H and O–H groups in total. The number of carbonyl (C=O) groups excluding carboxylic acids is 1. The van der Waals surface area contributed by atoms with Gasteiger partial charge in [0.25, 0.3) is 5.69 Å². The molecule has 1 saturated heterocycles. The maximum absolute atomic E-state index is 12.8. The van der Waals surface area contributed by atoms with Crippen LogP contribution in [0.3, 0.4) is 0 Å². The Morgan fingerprint density at radius 3 is 2.57 bits per heavy atom. The first-order chi connectivity index (χ1) is 10.9. The molecule has 1 aliphatic carbocycles. The molecule has 0 aromatic heterocycles. The predicted molar refractivity (Wildman–Crippen MR) is 82.2 cm³/mol. The Bertz CT molecular complexity index is 757. The van der Waals surface area contributed by atoms with Crippen LogP contribution in [0.2, 0.25) is 0 Å². The largest absolute Gasteiger partial charge is 0.303 e. The third kappa shape index (κ3) is 2.68. The number of fused-ring (bicyclic) bond motifs is 1. The number of hydrogen-bond donors (Lipinski definition) is 0. The summed E-state index contributed by atoms with van der Waals surface area (Å²) in [4.78, 5) is 21.4. The number of rotatable bonds is 4. The second-order valence-electron chi connectivity index (χ2n) is 5.79. The minimum Gasteiger partial charge on any atom is -0.303 e. The number of nitro groups is 1. The Hall–Kier alpha value is -2.06. The summed E-state index contributed by atoms with van der Waals surface area (Å²) < 4.78 is 27.0. The lowest BCUT2D eigenvalue weighted by molar-refractivity contribution is -0.384. The van der Waals surface area contributed by atoms with E-state index in [4.69, 9.17) is 0 Å². The average Bonchev–Trinajstić information content (AvgIpc) is 2.94. The summed E-state index contributed by atoms with van der Waals surface area (Å²) in [6, 6.07) is 4.51. The average molecular weight is 336 g/mol. The van der Waals surface area contributed by atoms with E-state index < -0.39 is 14.9 Å². The first kappa shape index (κ1) is 15.8. The molecule has 0 radical (unpaired) electrons. The third-order valence-electron chi connectivity index (χ3n) is 4.54. The molecule has 0 amide bonds. The summed E-state index contributed by atoms with van der Waals surface area (Å²) in [6.45, 7) is 0.155. The molecule has 7 nitrogen and oxygen atoms in total. The van der Waals surface area contributed by atoms with Crippen LogP contribution in [0.15, 0.2) is 41.3 Å². The number of benzene rings is 1. The Labute approximate surface area is 133 Å². The lowest BCUT2D eigenvalue weighted by Gasteiger charge is -2.27. The number of non-ortho nitro benzene ring substituents is 1. The molecule has 1 aromatic carbocycles. The highest BCUT2D eigenvalue weighted by atomic mass is 32.2. The monoisotopic (exact) mass is 336 g/mol. The van der Waals surface area contributed by atoms with Crippen LogP contribution in [0.1, 0.15) is 12.8 Å². The van der Waals surface area contributed by atoms with Gasteiger partial charge in [0.15, 0.2) is 0 Å². The first-order valence-electron chi connectivity index (χ1n) is 7.33. The zero-order chi connectivity index (χ0) is 16.6. The van der Waals surface area contributed by atoms with E-state index in [-0.39, 0.29) is 35.0 Å². The third-order valence-corrected chi connectivity index (χ3v) is 6.42. The minimum absolute atomic E-state index is 0.00493. The van der Waals surface area contributed by atoms with Crippen molar-refractivity contribution in [2.24, 2.45) is 11.8 Å². The molecule has 23 heavy (non-hydrogen) atoms. The van der Waals surface area contributed by atoms with Crippen molar-refractivity contribution < 1.29 is 18.1 Å². The number of nitro benzene ring substituents is 1. The van der Waals surface area contributed by atoms with Crippen molar-refractivity contribution in [2.75, 3.05) is 6.54 Å². The predicted octanol–water partition coefficient (Wildman–Crippen LogP) is 1.75. The quantitative estimate of drug-likeness (QED) is 0.361. The molecule has 3 atom stereocenters. The zero-order valence-electron chi connectivity index (χ0n) is 12.2. The van der Waals surface area contributed by atoms with Crippen molar-refractivity contribution >= 4 is 22.0 Å². The molecule has 0 spiro atoms. The molecule has 0 saturated carbocycles. The van der Waals surface area contributed by atoms with Crippen molar-refractivity contribution in [1.29, 1.82) is 0 Å². The number of carbonyl (C=O) groups is 1. The number of nitrogens with zero attached hydrogens (tertiary/aromatic N) is 2. The first-order valence-corrected chi connectivity index (χ1v) is 8.77. The zero-order valence-corrected chi connectivity index (χ0v) is 13.1. The highest BCUT2D eigenvalue weighted by Gasteiger charge is 2.46. The van der Waals surface area contributed by atoms with E-state index in [9.17, 15) is 23.3 Å². The van der Waals surface area contributed by atoms with E-state index >= 15 is 0 Å². The standard InChI is InChI=1S/C15H16N2O5S/c18-10-11-9-16(15-4-2-1-3-14(11)15)23(21,22)13-7-5-12(6-8-13)17(19)20/h2,4-8,10-11,14-15H,1,3,9H2/t11-,14-,15-/m1/s1. The minimum atomic E-state index is -3.79. The van der Waals surface area contributed by atoms with Gasteiger partial charge in [-0.3, -0.25) is 10.1 Å². The Balaban J connectivity index is 1.95. The van der Waals surface area contributed by atoms with Gasteiger partial charge in [0.05, 0.1) is 9.82 Å². The van der Waals surface area contributed by atoms with E-state index in [0.29, 0.717) is 0 Å². The van der Waals surface area contributed by atoms with Gasteiger partial charge in [-0.2, -0.15) is 4.31 Å². The van der Waals surface area contributed by atoms with E-state index in [0.717, 1.165) is 19.1 Å². The van der Waals surface area contributed by atoms with Crippen LogP contribution in [-0.4, -0.2) is 36.5 Å². The molecular weight excluding hydrogens is 320 g/mol. The van der Waals surface area contributed by atoms with Crippen LogP contribution < -0.4 is 0 Å². The molecule has 1 aliphatic heterocycles. The van der Waals surface area contributed by atoms with Gasteiger partial charge in [-0.15, -0.1) is 0 Å². The lowest BCUT2D eigenvalue weighted by atomic mass is 9.84. The van der Waals surface area contributed by atoms with Gasteiger partial charge in [0.2, 0.25) is 10.0 Å². The molecule has 2 aliphatic rings. The van der Waals surface area contributed by atoms with Gasteiger partial charge in [-0.1, -0.05) is 12.2 Å². The number of hydrogen-bond acceptors (Lipinski definition) is 5. The molecule has 0 unspecified atom stereocenters. The lowest BCUT2D eigenvalue weighted by Crippen LogP contribution is -2.37. The molecule has 1 fully saturated rings. The fourth-order valence-corrected chi connectivity index (χ4v) is 5.02. The van der Waals surface area contributed by atoms with Crippen LogP contribution >= 0.6 is 0 Å². The maximum atomic E-state index is 12.8. The summed E-state index contributed by atoms with van der Waals surface area (Å²) in [5.74, 6) is -0.303. The Morgan fingerprint density at radius 1 is 1.26 bits per heavy atom. The van der Waals surface area contributed by atoms with Crippen molar-refractivity contribution in [3.05, 3.63) is 46.5 Å². The van der Waals surface area contributed by atoms with Gasteiger partial charge in [0, 0.05) is 30.6 Å². The van der Waals surface area contributed by atoms with Crippen molar-refractivity contribution in [2.45, 2.75) is 23.8 Å². The maximum Gasteiger partial charge on any atom is 0.269 e. The smallest absolute Gasteiger partial charge is 0.269 e. The van der Waals surface area contributed by atoms with Gasteiger partial charge in [0.1, 0.15) is 6.29 Å². The molecule has 3 rings (SSSR count). The van der Waals surface area contributed by atoms with E-state index in [1.54, 1.807) is 0 Å². The number of sulfonamides is 1. The molecule has 8 heteroatoms. The topological polar surface area (TPSA) is 97.6 Å². The molecule has 0 bridgehead atoms. The van der Waals surface area contributed by atoms with Crippen molar-refractivity contribution in [3.63, 3.8) is 0 Å². The highest BCUT2D eigenvalue weighted by molar-refractivity contribution is 7.89. The van der Waals surface area contributed by atoms with Crippen molar-refractivity contribution in [3.8, 4) is 0 Å². The highest BCUT2D eigenvalue weighted by Crippen LogP contribution is 2.39. The number of allylic oxidation sites excluding steroid dienone is 1. The van der Waals surface area contributed by atoms with Crippen LogP contribution in [0, 0.1) is 22.0 Å². The van der Waals surface area contributed by atoms with Crippen LogP contribution in [0.4, 0.5) is 5.69 Å². The summed E-state index contributed by atoms with van der Waals surface area (Å²) in [7, 11) is -3.79. The second kappa shape index (κ2) is 5.86. The van der Waals surface area contributed by atoms with Gasteiger partial charge < -0.3 is 4.79 Å². The summed E-state index contributed by atoms with van der Waals surface area (Å²) in [5.41, 5.74) is -0.161. The Morgan fingerprint density at radius 2 is 1.96 bits per heavy atom. The van der Waals surface area contributed by atoms with Crippen LogP contribution in [0.5, 0.6) is 0 Å². The molecule has 1 heterocycles. The SMILES string of the molecule is O=C[C@H]1CN(S(=O)(=O)c2ccc([N+](=O)[O-])cc2)[C@@H]2C=CCC[C@@H]21. The van der Waals surface area contributed by atoms with Crippen LogP contribution in [-0.2, 0) is 14.8 Å². The van der Waals surface area contributed by atoms with Gasteiger partial charge in [-0.05, 0) is 30.9 Å². The van der Waals surface area contributed by atoms with Gasteiger partial charge in [-0.25, -0.2) is 8.42 Å². The summed E-state index contributed by atoms with van der Waals surface area (Å²) >= 11 is 0. The molecular formula is C15H16N2O5S. The number of aldehydes is 1. The van der Waals surface area contributed by atoms with Gasteiger partial charge >= 0.3 is 0 Å². The normalized spacial score (nSPS) is 27.6. The fourth-order valence-electron chi connectivity index (χ4n) is 3.36. The summed E-state index contributed by atoms with van der Waals surface area (Å²) in [6.07, 6.45) is 6.25. The fraction of sp³-hybridized carbons (Fsp3) is 0.400. The molecule has 122 valence electrons. The summed E-state index contributed by atoms with van der Waals surface area (Å²) in [5, 5.41) is 10.7. The molecule has 1 aromatic rings. The Kier molecular flexibility index (Phi) is 4.03. The second-order valence-corrected chi connectivity index (χ2v) is 7.68. The van der Waals surface area contributed by atoms with E-state index in [1.165, 1.54) is 28.6 Å². The van der Waals surface area contributed by atoms with E-state index in [2.05, 4.69) is 0 Å². The van der Waals surface area contributed by atoms with Crippen molar-refractivity contribution in [1.82, 2.24) is 4.31 Å². The van der Waals surface area contributed by atoms with Crippen LogP contribution in [0.25, 0.3) is 0 Å².